The number of nitrogens with zero attached hydrogens (tertiary/aromatic N) is 3. The van der Waals surface area contributed by atoms with Crippen LogP contribution in [-0.4, -0.2) is 65.5 Å². The average molecular weight is 627 g/mol. The third-order valence-electron chi connectivity index (χ3n) is 8.23. The molecule has 3 fully saturated rings. The second-order valence-electron chi connectivity index (χ2n) is 11.1. The maximum atomic E-state index is 15.7. The van der Waals surface area contributed by atoms with Gasteiger partial charge in [-0.05, 0) is 72.9 Å². The molecule has 2 N–H and O–H groups in total. The lowest BCUT2D eigenvalue weighted by atomic mass is 9.81. The SMILES string of the molecule is CN(O)C(=O)c1ccc(N2CO[C@H]3[C@@H](C2=O)[C@H](c2cccc(Cl)c2F)C(C(=O)Nc2cccc(Cl)c2)N3CC2CC2)cc1. The Labute approximate surface area is 257 Å². The number of rotatable bonds is 7. The molecule has 3 aromatic carbocycles. The van der Waals surface area contributed by atoms with Crippen LogP contribution in [0.2, 0.25) is 10.0 Å². The third-order valence-corrected chi connectivity index (χ3v) is 8.76. The Morgan fingerprint density at radius 1 is 1.07 bits per heavy atom. The lowest BCUT2D eigenvalue weighted by molar-refractivity contribution is -0.146. The van der Waals surface area contributed by atoms with Gasteiger partial charge in [0.25, 0.3) is 5.91 Å². The number of hydroxylamine groups is 2. The highest BCUT2D eigenvalue weighted by Gasteiger charge is 2.60. The minimum absolute atomic E-state index is 0.109. The minimum Gasteiger partial charge on any atom is -0.341 e. The Balaban J connectivity index is 1.40. The highest BCUT2D eigenvalue weighted by Crippen LogP contribution is 2.49. The van der Waals surface area contributed by atoms with Crippen molar-refractivity contribution in [2.24, 2.45) is 11.8 Å². The molecule has 3 aromatic rings. The topological polar surface area (TPSA) is 102 Å². The van der Waals surface area contributed by atoms with Crippen LogP contribution in [0.1, 0.15) is 34.7 Å². The van der Waals surface area contributed by atoms with E-state index >= 15 is 4.39 Å². The number of ether oxygens (including phenoxy) is 1. The fourth-order valence-corrected chi connectivity index (χ4v) is 6.41. The molecule has 9 nitrogen and oxygen atoms in total. The lowest BCUT2D eigenvalue weighted by Crippen LogP contribution is -2.53. The second-order valence-corrected chi connectivity index (χ2v) is 12.0. The monoisotopic (exact) mass is 626 g/mol. The molecule has 6 rings (SSSR count). The van der Waals surface area contributed by atoms with Crippen molar-refractivity contribution in [1.82, 2.24) is 9.96 Å². The molecule has 1 saturated carbocycles. The van der Waals surface area contributed by atoms with Crippen molar-refractivity contribution < 1.29 is 28.7 Å². The zero-order chi connectivity index (χ0) is 30.4. The molecule has 1 unspecified atom stereocenters. The van der Waals surface area contributed by atoms with Gasteiger partial charge in [-0.2, -0.15) is 0 Å². The van der Waals surface area contributed by atoms with Gasteiger partial charge < -0.3 is 10.1 Å². The summed E-state index contributed by atoms with van der Waals surface area (Å²) in [5.41, 5.74) is 1.30. The van der Waals surface area contributed by atoms with E-state index in [0.29, 0.717) is 33.9 Å². The van der Waals surface area contributed by atoms with E-state index in [1.165, 1.54) is 30.1 Å². The zero-order valence-corrected chi connectivity index (χ0v) is 24.6. The number of benzene rings is 3. The van der Waals surface area contributed by atoms with Crippen molar-refractivity contribution in [2.75, 3.05) is 30.5 Å². The quantitative estimate of drug-likeness (QED) is 0.270. The van der Waals surface area contributed by atoms with E-state index < -0.39 is 41.7 Å². The molecule has 2 saturated heterocycles. The number of carbonyl (C=O) groups is 3. The average Bonchev–Trinajstić information content (AvgIpc) is 3.74. The van der Waals surface area contributed by atoms with Crippen LogP contribution in [0.4, 0.5) is 15.8 Å². The van der Waals surface area contributed by atoms with Crippen LogP contribution in [0, 0.1) is 17.7 Å². The molecule has 3 aliphatic rings. The first-order valence-electron chi connectivity index (χ1n) is 13.9. The summed E-state index contributed by atoms with van der Waals surface area (Å²) in [6.45, 7) is 0.397. The summed E-state index contributed by atoms with van der Waals surface area (Å²) in [4.78, 5) is 43.9. The van der Waals surface area contributed by atoms with Crippen molar-refractivity contribution in [3.05, 3.63) is 93.7 Å². The Morgan fingerprint density at radius 3 is 2.47 bits per heavy atom. The Morgan fingerprint density at radius 2 is 1.79 bits per heavy atom. The molecule has 0 bridgehead atoms. The lowest BCUT2D eigenvalue weighted by Gasteiger charge is -2.38. The van der Waals surface area contributed by atoms with E-state index in [4.69, 9.17) is 27.9 Å². The summed E-state index contributed by atoms with van der Waals surface area (Å²) >= 11 is 12.4. The van der Waals surface area contributed by atoms with Crippen molar-refractivity contribution in [2.45, 2.75) is 31.0 Å². The minimum atomic E-state index is -0.952. The van der Waals surface area contributed by atoms with Crippen molar-refractivity contribution in [3.63, 3.8) is 0 Å². The van der Waals surface area contributed by atoms with Gasteiger partial charge in [-0.3, -0.25) is 29.4 Å². The van der Waals surface area contributed by atoms with Gasteiger partial charge in [0.15, 0.2) is 0 Å². The molecule has 0 radical (unpaired) electrons. The van der Waals surface area contributed by atoms with Crippen LogP contribution in [0.3, 0.4) is 0 Å². The van der Waals surface area contributed by atoms with Crippen molar-refractivity contribution >= 4 is 52.3 Å². The van der Waals surface area contributed by atoms with E-state index in [0.717, 1.165) is 12.8 Å². The van der Waals surface area contributed by atoms with Gasteiger partial charge in [0.05, 0.1) is 17.0 Å². The molecule has 12 heteroatoms. The number of carbonyl (C=O) groups excluding carboxylic acids is 3. The molecule has 4 atom stereocenters. The number of nitrogens with one attached hydrogen (secondary N) is 1. The highest BCUT2D eigenvalue weighted by molar-refractivity contribution is 6.31. The van der Waals surface area contributed by atoms with Crippen molar-refractivity contribution in [1.29, 1.82) is 0 Å². The normalized spacial score (nSPS) is 23.7. The smallest absolute Gasteiger partial charge is 0.276 e. The number of fused-ring (bicyclic) bond motifs is 1. The van der Waals surface area contributed by atoms with Crippen LogP contribution < -0.4 is 10.2 Å². The summed E-state index contributed by atoms with van der Waals surface area (Å²) in [5.74, 6) is -3.61. The molecule has 2 aliphatic heterocycles. The van der Waals surface area contributed by atoms with E-state index in [1.54, 1.807) is 48.5 Å². The first-order chi connectivity index (χ1) is 20.6. The Bertz CT molecular complexity index is 1570. The summed E-state index contributed by atoms with van der Waals surface area (Å²) in [6.07, 6.45) is 1.19. The number of hydrogen-bond donors (Lipinski definition) is 2. The third kappa shape index (κ3) is 5.73. The van der Waals surface area contributed by atoms with E-state index in [2.05, 4.69) is 5.32 Å². The number of halogens is 3. The number of hydrogen-bond acceptors (Lipinski definition) is 6. The van der Waals surface area contributed by atoms with Gasteiger partial charge in [-0.1, -0.05) is 41.4 Å². The van der Waals surface area contributed by atoms with Crippen LogP contribution >= 0.6 is 23.2 Å². The van der Waals surface area contributed by atoms with E-state index in [-0.39, 0.29) is 28.8 Å². The van der Waals surface area contributed by atoms with Gasteiger partial charge in [-0.15, -0.1) is 0 Å². The first-order valence-corrected chi connectivity index (χ1v) is 14.7. The van der Waals surface area contributed by atoms with E-state index in [1.807, 2.05) is 4.90 Å². The number of amides is 3. The number of anilines is 2. The summed E-state index contributed by atoms with van der Waals surface area (Å²) < 4.78 is 22.1. The van der Waals surface area contributed by atoms with E-state index in [9.17, 15) is 19.6 Å². The van der Waals surface area contributed by atoms with Crippen molar-refractivity contribution in [3.8, 4) is 0 Å². The molecule has 2 heterocycles. The predicted molar refractivity (Wildman–Crippen MR) is 158 cm³/mol. The predicted octanol–water partition coefficient (Wildman–Crippen LogP) is 5.37. The first kappa shape index (κ1) is 29.5. The van der Waals surface area contributed by atoms with Crippen LogP contribution in [0.15, 0.2) is 66.7 Å². The molecule has 0 aromatic heterocycles. The fraction of sp³-hybridized carbons (Fsp3) is 0.323. The van der Waals surface area contributed by atoms with Gasteiger partial charge >= 0.3 is 0 Å². The Kier molecular flexibility index (Phi) is 8.14. The largest absolute Gasteiger partial charge is 0.341 e. The highest BCUT2D eigenvalue weighted by atomic mass is 35.5. The fourth-order valence-electron chi connectivity index (χ4n) is 6.04. The van der Waals surface area contributed by atoms with Crippen LogP contribution in [-0.2, 0) is 14.3 Å². The molecule has 3 amide bonds. The summed E-state index contributed by atoms with van der Waals surface area (Å²) in [7, 11) is 1.22. The molecular formula is C31H29Cl2FN4O5. The van der Waals surface area contributed by atoms with Gasteiger partial charge in [0.1, 0.15) is 18.8 Å². The second kappa shape index (κ2) is 11.9. The van der Waals surface area contributed by atoms with Crippen LogP contribution in [0.25, 0.3) is 0 Å². The molecule has 0 spiro atoms. The zero-order valence-electron chi connectivity index (χ0n) is 23.1. The van der Waals surface area contributed by atoms with Gasteiger partial charge in [-0.25, -0.2) is 9.45 Å². The molecular weight excluding hydrogens is 598 g/mol. The molecule has 224 valence electrons. The maximum Gasteiger partial charge on any atom is 0.276 e. The Hall–Kier alpha value is -3.54. The summed E-state index contributed by atoms with van der Waals surface area (Å²) in [5, 5.41) is 13.2. The molecule has 1 aliphatic carbocycles. The molecule has 43 heavy (non-hydrogen) atoms. The van der Waals surface area contributed by atoms with Crippen LogP contribution in [0.5, 0.6) is 0 Å². The summed E-state index contributed by atoms with van der Waals surface area (Å²) in [6, 6.07) is 16.5. The number of likely N-dealkylation sites (tertiary alicyclic amines) is 1. The standard InChI is InChI=1S/C31H29Cl2FN4O5/c1-36(42)29(40)18-10-12-21(13-11-18)38-16-43-31-25(30(38)41)24(22-6-3-7-23(33)26(22)34)27(37(31)15-17-8-9-17)28(39)35-20-5-2-4-19(32)14-20/h2-7,10-14,17,24-25,27,31,42H,8-9,15-16H2,1H3,(H,35,39)/t24-,25+,27?,31-/m0/s1. The van der Waals surface area contributed by atoms with Gasteiger partial charge in [0.2, 0.25) is 11.8 Å². The van der Waals surface area contributed by atoms with Gasteiger partial charge in [0, 0.05) is 41.5 Å². The maximum absolute atomic E-state index is 15.7.